The molecule has 0 radical (unpaired) electrons. The Morgan fingerprint density at radius 3 is 2.09 bits per heavy atom. The lowest BCUT2D eigenvalue weighted by molar-refractivity contribution is -0.222. The minimum atomic E-state index is -3.68. The van der Waals surface area contributed by atoms with Gasteiger partial charge in [0.2, 0.25) is 0 Å². The van der Waals surface area contributed by atoms with Gasteiger partial charge in [0.05, 0.1) is 19.1 Å². The van der Waals surface area contributed by atoms with Crippen LogP contribution < -0.4 is 4.74 Å². The first-order valence-corrected chi connectivity index (χ1v) is 16.2. The molecule has 0 atom stereocenters. The van der Waals surface area contributed by atoms with Gasteiger partial charge in [-0.1, -0.05) is 57.6 Å². The second kappa shape index (κ2) is 14.6. The van der Waals surface area contributed by atoms with E-state index in [-0.39, 0.29) is 18.8 Å². The molecule has 2 aromatic rings. The summed E-state index contributed by atoms with van der Waals surface area (Å²) in [5.74, 6) is -3.24. The van der Waals surface area contributed by atoms with Gasteiger partial charge in [0.25, 0.3) is 0 Å². The number of ether oxygens (including phenoxy) is 3. The van der Waals surface area contributed by atoms with Crippen molar-refractivity contribution in [2.75, 3.05) is 13.2 Å². The zero-order chi connectivity index (χ0) is 31.3. The first kappa shape index (κ1) is 32.7. The molecule has 4 nitrogen and oxygen atoms in total. The molecular formula is C35H42F5NO3. The highest BCUT2D eigenvalue weighted by atomic mass is 19.3. The van der Waals surface area contributed by atoms with E-state index in [2.05, 4.69) is 6.92 Å². The van der Waals surface area contributed by atoms with Crippen LogP contribution in [0.5, 0.6) is 5.75 Å². The number of nitriles is 1. The van der Waals surface area contributed by atoms with Crippen LogP contribution in [0.25, 0.3) is 0 Å². The summed E-state index contributed by atoms with van der Waals surface area (Å²) in [6.45, 7) is 3.44. The van der Waals surface area contributed by atoms with Gasteiger partial charge in [-0.15, -0.1) is 0 Å². The predicted molar refractivity (Wildman–Crippen MR) is 155 cm³/mol. The van der Waals surface area contributed by atoms with Crippen LogP contribution in [0.3, 0.4) is 0 Å². The largest absolute Gasteiger partial charge is 0.432 e. The summed E-state index contributed by atoms with van der Waals surface area (Å²) < 4.78 is 89.6. The summed E-state index contributed by atoms with van der Waals surface area (Å²) in [6, 6.07) is 7.44. The summed E-state index contributed by atoms with van der Waals surface area (Å²) in [4.78, 5) is 0. The lowest BCUT2D eigenvalue weighted by atomic mass is 9.74. The molecule has 2 aliphatic carbocycles. The Balaban J connectivity index is 1.10. The maximum atomic E-state index is 15.3. The van der Waals surface area contributed by atoms with Gasteiger partial charge in [0, 0.05) is 23.6 Å². The Morgan fingerprint density at radius 1 is 0.841 bits per heavy atom. The molecule has 3 aliphatic rings. The summed E-state index contributed by atoms with van der Waals surface area (Å²) in [7, 11) is 0. The number of hydrogen-bond acceptors (Lipinski definition) is 4. The SMILES string of the molecule is CCCCCC1CCC(C2COC(c3ccc(C4CCC(C(F)(F)Oc5cc(F)c(C#N)c(F)c5)CC4)c(F)c3)OC2)CC1. The van der Waals surface area contributed by atoms with Crippen molar-refractivity contribution in [3.05, 3.63) is 64.5 Å². The molecule has 0 unspecified atom stereocenters. The van der Waals surface area contributed by atoms with Crippen molar-refractivity contribution in [2.24, 2.45) is 23.7 Å². The highest BCUT2D eigenvalue weighted by Crippen LogP contribution is 2.45. The molecule has 0 bridgehead atoms. The average Bonchev–Trinajstić information content (AvgIpc) is 3.01. The van der Waals surface area contributed by atoms with Crippen molar-refractivity contribution in [3.63, 3.8) is 0 Å². The van der Waals surface area contributed by atoms with Gasteiger partial charge in [-0.05, 0) is 67.9 Å². The quantitative estimate of drug-likeness (QED) is 0.196. The molecule has 5 rings (SSSR count). The van der Waals surface area contributed by atoms with Crippen LogP contribution in [0.2, 0.25) is 0 Å². The minimum Gasteiger partial charge on any atom is -0.432 e. The van der Waals surface area contributed by atoms with Gasteiger partial charge in [0.1, 0.15) is 34.8 Å². The normalized spacial score (nSPS) is 27.9. The standard InChI is InChI=1S/C35H42F5NO3/c1-2-3-4-5-22-6-8-23(9-7-22)26-20-42-34(43-21-26)25-12-15-29(31(36)16-25)24-10-13-27(14-11-24)35(39,40)44-28-17-32(37)30(19-41)33(38)18-28/h12,15-18,22-24,26-27,34H,2-11,13-14,20-21H2,1H3. The van der Waals surface area contributed by atoms with Crippen LogP contribution in [-0.2, 0) is 9.47 Å². The smallest absolute Gasteiger partial charge is 0.400 e. The van der Waals surface area contributed by atoms with Crippen molar-refractivity contribution in [1.29, 1.82) is 5.26 Å². The summed E-state index contributed by atoms with van der Waals surface area (Å²) >= 11 is 0. The lowest BCUT2D eigenvalue weighted by Crippen LogP contribution is -2.37. The second-order valence-corrected chi connectivity index (χ2v) is 12.9. The molecule has 0 aromatic heterocycles. The lowest BCUT2D eigenvalue weighted by Gasteiger charge is -2.38. The van der Waals surface area contributed by atoms with E-state index in [1.54, 1.807) is 12.1 Å². The molecule has 44 heavy (non-hydrogen) atoms. The van der Waals surface area contributed by atoms with E-state index in [0.717, 1.165) is 5.92 Å². The fourth-order valence-corrected chi connectivity index (χ4v) is 7.33. The Bertz CT molecular complexity index is 1270. The first-order valence-electron chi connectivity index (χ1n) is 16.2. The van der Waals surface area contributed by atoms with Crippen molar-refractivity contribution in [2.45, 2.75) is 102 Å². The second-order valence-electron chi connectivity index (χ2n) is 12.9. The van der Waals surface area contributed by atoms with E-state index in [1.807, 2.05) is 0 Å². The average molecular weight is 620 g/mol. The number of nitrogens with zero attached hydrogens (tertiary/aromatic N) is 1. The summed E-state index contributed by atoms with van der Waals surface area (Å²) in [5, 5.41) is 8.77. The molecule has 0 spiro atoms. The number of rotatable bonds is 10. The van der Waals surface area contributed by atoms with Gasteiger partial charge in [-0.25, -0.2) is 13.2 Å². The maximum Gasteiger partial charge on any atom is 0.400 e. The molecule has 2 aromatic carbocycles. The fraction of sp³-hybridized carbons (Fsp3) is 0.629. The molecule has 0 amide bonds. The van der Waals surface area contributed by atoms with Crippen LogP contribution in [0, 0.1) is 52.5 Å². The molecule has 240 valence electrons. The van der Waals surface area contributed by atoms with E-state index in [4.69, 9.17) is 19.5 Å². The Kier molecular flexibility index (Phi) is 10.8. The fourth-order valence-electron chi connectivity index (χ4n) is 7.33. The third kappa shape index (κ3) is 7.74. The van der Waals surface area contributed by atoms with Crippen molar-refractivity contribution in [1.82, 2.24) is 0 Å². The maximum absolute atomic E-state index is 15.3. The zero-order valence-corrected chi connectivity index (χ0v) is 25.3. The predicted octanol–water partition coefficient (Wildman–Crippen LogP) is 9.97. The monoisotopic (exact) mass is 619 g/mol. The van der Waals surface area contributed by atoms with Crippen molar-refractivity contribution >= 4 is 0 Å². The molecule has 2 saturated carbocycles. The molecule has 9 heteroatoms. The van der Waals surface area contributed by atoms with Gasteiger partial charge >= 0.3 is 6.11 Å². The number of benzene rings is 2. The van der Waals surface area contributed by atoms with Crippen LogP contribution in [0.4, 0.5) is 22.0 Å². The zero-order valence-electron chi connectivity index (χ0n) is 25.3. The van der Waals surface area contributed by atoms with Gasteiger partial charge in [-0.2, -0.15) is 14.0 Å². The molecule has 1 saturated heterocycles. The van der Waals surface area contributed by atoms with E-state index in [0.29, 0.717) is 61.2 Å². The third-order valence-corrected chi connectivity index (χ3v) is 10.0. The topological polar surface area (TPSA) is 51.5 Å². The molecular weight excluding hydrogens is 577 g/mol. The molecule has 3 fully saturated rings. The van der Waals surface area contributed by atoms with E-state index < -0.39 is 47.1 Å². The number of alkyl halides is 2. The van der Waals surface area contributed by atoms with Crippen molar-refractivity contribution < 1.29 is 36.2 Å². The summed E-state index contributed by atoms with van der Waals surface area (Å²) in [5.41, 5.74) is 0.224. The highest BCUT2D eigenvalue weighted by molar-refractivity contribution is 5.38. The Labute approximate surface area is 256 Å². The van der Waals surface area contributed by atoms with Crippen LogP contribution in [-0.4, -0.2) is 19.3 Å². The van der Waals surface area contributed by atoms with Gasteiger partial charge < -0.3 is 14.2 Å². The third-order valence-electron chi connectivity index (χ3n) is 10.0. The molecule has 1 aliphatic heterocycles. The van der Waals surface area contributed by atoms with Gasteiger partial charge in [0.15, 0.2) is 6.29 Å². The van der Waals surface area contributed by atoms with E-state index >= 15 is 4.39 Å². The van der Waals surface area contributed by atoms with Crippen LogP contribution in [0.1, 0.15) is 113 Å². The van der Waals surface area contributed by atoms with Crippen LogP contribution in [0.15, 0.2) is 30.3 Å². The number of hydrogen-bond donors (Lipinski definition) is 0. The van der Waals surface area contributed by atoms with Crippen molar-refractivity contribution in [3.8, 4) is 11.8 Å². The highest BCUT2D eigenvalue weighted by Gasteiger charge is 2.44. The number of unbranched alkanes of at least 4 members (excludes halogenated alkanes) is 2. The molecule has 1 heterocycles. The van der Waals surface area contributed by atoms with E-state index in [9.17, 15) is 17.6 Å². The minimum absolute atomic E-state index is 0.0526. The summed E-state index contributed by atoms with van der Waals surface area (Å²) in [6.07, 6.45) is 6.69. The van der Waals surface area contributed by atoms with Crippen LogP contribution >= 0.6 is 0 Å². The van der Waals surface area contributed by atoms with Gasteiger partial charge in [-0.3, -0.25) is 0 Å². The first-order chi connectivity index (χ1) is 21.2. The molecule has 0 N–H and O–H groups in total. The Morgan fingerprint density at radius 2 is 1.50 bits per heavy atom. The van der Waals surface area contributed by atoms with E-state index in [1.165, 1.54) is 63.5 Å². The Hall–Kier alpha value is -2.70. The number of halogens is 5.